The molecule has 0 spiro atoms. The van der Waals surface area contributed by atoms with Crippen molar-refractivity contribution in [3.8, 4) is 0 Å². The van der Waals surface area contributed by atoms with Gasteiger partial charge in [0.25, 0.3) is 0 Å². The molecule has 0 aliphatic carbocycles. The Morgan fingerprint density at radius 2 is 0.938 bits per heavy atom. The van der Waals surface area contributed by atoms with E-state index >= 15 is 0 Å². The molecule has 0 aromatic heterocycles. The van der Waals surface area contributed by atoms with E-state index < -0.39 is 26.5 Å². The van der Waals surface area contributed by atoms with Gasteiger partial charge in [0.1, 0.15) is 19.8 Å². The highest BCUT2D eigenvalue weighted by molar-refractivity contribution is 7.47. The van der Waals surface area contributed by atoms with Crippen LogP contribution in [0.2, 0.25) is 0 Å². The Balaban J connectivity index is 4.40. The number of likely N-dealkylation sites (N-methyl/N-ethyl adjacent to an activating group) is 1. The summed E-state index contributed by atoms with van der Waals surface area (Å²) in [6, 6.07) is 0. The maximum Gasteiger partial charge on any atom is 0.472 e. The van der Waals surface area contributed by atoms with Gasteiger partial charge in [-0.25, -0.2) is 4.57 Å². The Kier molecular flexibility index (Phi) is 31.3. The number of nitrogens with zero attached hydrogens (tertiary/aromatic N) is 1. The van der Waals surface area contributed by atoms with Crippen LogP contribution >= 0.6 is 7.82 Å². The van der Waals surface area contributed by atoms with E-state index in [1.165, 1.54) is 116 Å². The van der Waals surface area contributed by atoms with Crippen molar-refractivity contribution in [2.24, 2.45) is 0 Å². The van der Waals surface area contributed by atoms with Crippen LogP contribution in [-0.2, 0) is 32.7 Å². The monoisotopic (exact) mass is 707 g/mol. The minimum absolute atomic E-state index is 0.0364. The molecule has 0 aromatic rings. The molecule has 0 heterocycles. The number of esters is 2. The lowest BCUT2D eigenvalue weighted by atomic mass is 10.0. The van der Waals surface area contributed by atoms with Crippen molar-refractivity contribution in [1.82, 2.24) is 0 Å². The summed E-state index contributed by atoms with van der Waals surface area (Å²) in [4.78, 5) is 35.1. The van der Waals surface area contributed by atoms with Crippen LogP contribution in [0.25, 0.3) is 0 Å². The van der Waals surface area contributed by atoms with Crippen LogP contribution < -0.4 is 0 Å². The lowest BCUT2D eigenvalue weighted by molar-refractivity contribution is -0.870. The highest BCUT2D eigenvalue weighted by Gasteiger charge is 2.27. The number of phosphoric ester groups is 1. The van der Waals surface area contributed by atoms with E-state index in [0.717, 1.165) is 38.5 Å². The van der Waals surface area contributed by atoms with Crippen LogP contribution in [0.3, 0.4) is 0 Å². The van der Waals surface area contributed by atoms with Gasteiger partial charge in [0.2, 0.25) is 0 Å². The fraction of sp³-hybridized carbons (Fsp3) is 0.947. The molecule has 0 radical (unpaired) electrons. The van der Waals surface area contributed by atoms with Gasteiger partial charge in [-0.2, -0.15) is 0 Å². The first kappa shape index (κ1) is 47.0. The summed E-state index contributed by atoms with van der Waals surface area (Å²) in [5, 5.41) is 0. The fourth-order valence-corrected chi connectivity index (χ4v) is 6.23. The molecule has 1 N–H and O–H groups in total. The average Bonchev–Trinajstić information content (AvgIpc) is 3.02. The van der Waals surface area contributed by atoms with Crippen LogP contribution in [0.5, 0.6) is 0 Å². The molecule has 0 bridgehead atoms. The highest BCUT2D eigenvalue weighted by Crippen LogP contribution is 2.43. The lowest BCUT2D eigenvalue weighted by Gasteiger charge is -2.24. The third-order valence-corrected chi connectivity index (χ3v) is 9.62. The fourth-order valence-electron chi connectivity index (χ4n) is 5.48. The molecule has 0 saturated heterocycles. The van der Waals surface area contributed by atoms with Crippen molar-refractivity contribution in [2.75, 3.05) is 47.5 Å². The van der Waals surface area contributed by atoms with Crippen LogP contribution in [0.4, 0.5) is 0 Å². The summed E-state index contributed by atoms with van der Waals surface area (Å²) in [6.45, 7) is 4.42. The molecule has 0 aromatic carbocycles. The Hall–Kier alpha value is -0.990. The van der Waals surface area contributed by atoms with Gasteiger partial charge in [-0.3, -0.25) is 18.6 Å². The van der Waals surface area contributed by atoms with Crippen molar-refractivity contribution in [1.29, 1.82) is 0 Å². The molecule has 10 heteroatoms. The van der Waals surface area contributed by atoms with E-state index in [-0.39, 0.29) is 25.6 Å². The van der Waals surface area contributed by atoms with E-state index in [4.69, 9.17) is 18.5 Å². The molecule has 0 aliphatic rings. The van der Waals surface area contributed by atoms with Gasteiger partial charge >= 0.3 is 19.8 Å². The molecule has 0 fully saturated rings. The third-order valence-electron chi connectivity index (χ3n) is 8.64. The first-order valence-corrected chi connectivity index (χ1v) is 21.3. The van der Waals surface area contributed by atoms with Gasteiger partial charge in [-0.15, -0.1) is 0 Å². The molecular formula is C38H77NO8P+. The van der Waals surface area contributed by atoms with E-state index in [0.29, 0.717) is 17.4 Å². The van der Waals surface area contributed by atoms with E-state index in [2.05, 4.69) is 13.8 Å². The van der Waals surface area contributed by atoms with Crippen molar-refractivity contribution in [3.63, 3.8) is 0 Å². The van der Waals surface area contributed by atoms with Crippen LogP contribution in [0.15, 0.2) is 0 Å². The summed E-state index contributed by atoms with van der Waals surface area (Å²) in [6.07, 6.45) is 28.5. The minimum Gasteiger partial charge on any atom is -0.462 e. The Morgan fingerprint density at radius 1 is 0.562 bits per heavy atom. The summed E-state index contributed by atoms with van der Waals surface area (Å²) in [5.74, 6) is -0.790. The molecular weight excluding hydrogens is 629 g/mol. The third kappa shape index (κ3) is 34.9. The molecule has 0 saturated carbocycles. The molecule has 286 valence electrons. The maximum atomic E-state index is 12.6. The second kappa shape index (κ2) is 32.0. The normalized spacial score (nSPS) is 13.7. The van der Waals surface area contributed by atoms with Crippen LogP contribution in [0.1, 0.15) is 181 Å². The van der Waals surface area contributed by atoms with Crippen molar-refractivity contribution in [3.05, 3.63) is 0 Å². The molecule has 0 aliphatic heterocycles. The number of ether oxygens (including phenoxy) is 2. The number of unbranched alkanes of at least 4 members (excludes halogenated alkanes) is 22. The molecule has 0 rings (SSSR count). The summed E-state index contributed by atoms with van der Waals surface area (Å²) in [7, 11) is 1.49. The number of hydrogen-bond donors (Lipinski definition) is 1. The molecule has 9 nitrogen and oxygen atoms in total. The van der Waals surface area contributed by atoms with Crippen molar-refractivity contribution < 1.29 is 42.1 Å². The predicted molar refractivity (Wildman–Crippen MR) is 197 cm³/mol. The molecule has 0 amide bonds. The zero-order valence-corrected chi connectivity index (χ0v) is 32.9. The number of rotatable bonds is 36. The zero-order chi connectivity index (χ0) is 35.8. The van der Waals surface area contributed by atoms with Gasteiger partial charge in [0.15, 0.2) is 6.10 Å². The van der Waals surface area contributed by atoms with Crippen molar-refractivity contribution in [2.45, 2.75) is 187 Å². The van der Waals surface area contributed by atoms with E-state index in [1.807, 2.05) is 21.1 Å². The highest BCUT2D eigenvalue weighted by atomic mass is 31.2. The largest absolute Gasteiger partial charge is 0.472 e. The molecule has 2 unspecified atom stereocenters. The van der Waals surface area contributed by atoms with Gasteiger partial charge < -0.3 is 18.9 Å². The Labute approximate surface area is 295 Å². The number of quaternary nitrogens is 1. The summed E-state index contributed by atoms with van der Waals surface area (Å²) >= 11 is 0. The first-order chi connectivity index (χ1) is 23.0. The number of carbonyl (C=O) groups excluding carboxylic acids is 2. The smallest absolute Gasteiger partial charge is 0.462 e. The number of carbonyl (C=O) groups is 2. The number of phosphoric acid groups is 1. The number of hydrogen-bond acceptors (Lipinski definition) is 7. The first-order valence-electron chi connectivity index (χ1n) is 19.8. The second-order valence-electron chi connectivity index (χ2n) is 14.7. The van der Waals surface area contributed by atoms with Crippen LogP contribution in [-0.4, -0.2) is 74.9 Å². The average molecular weight is 707 g/mol. The van der Waals surface area contributed by atoms with Gasteiger partial charge in [0, 0.05) is 12.8 Å². The van der Waals surface area contributed by atoms with Crippen LogP contribution in [0, 0.1) is 0 Å². The summed E-state index contributed by atoms with van der Waals surface area (Å²) in [5.41, 5.74) is 0. The Morgan fingerprint density at radius 3 is 1.33 bits per heavy atom. The van der Waals surface area contributed by atoms with Gasteiger partial charge in [-0.1, -0.05) is 155 Å². The topological polar surface area (TPSA) is 108 Å². The Bertz CT molecular complexity index is 804. The molecule has 2 atom stereocenters. The lowest BCUT2D eigenvalue weighted by Crippen LogP contribution is -2.37. The van der Waals surface area contributed by atoms with Gasteiger partial charge in [0.05, 0.1) is 27.7 Å². The predicted octanol–water partition coefficient (Wildman–Crippen LogP) is 10.5. The van der Waals surface area contributed by atoms with E-state index in [1.54, 1.807) is 0 Å². The quantitative estimate of drug-likeness (QED) is 0.0297. The molecule has 48 heavy (non-hydrogen) atoms. The zero-order valence-electron chi connectivity index (χ0n) is 32.0. The van der Waals surface area contributed by atoms with Crippen molar-refractivity contribution >= 4 is 19.8 Å². The second-order valence-corrected chi connectivity index (χ2v) is 16.1. The maximum absolute atomic E-state index is 12.6. The van der Waals surface area contributed by atoms with Gasteiger partial charge in [-0.05, 0) is 12.8 Å². The summed E-state index contributed by atoms with van der Waals surface area (Å²) < 4.78 is 34.2. The SMILES string of the molecule is CCCCCCCCCCCCCCCC(=O)OC(COC(=O)CCCCCCCCCCCCC)COP(=O)(O)OCC[N+](C)(C)C. The standard InChI is InChI=1S/C38H76NO8P/c1-6-8-10-12-14-16-18-19-21-23-25-27-29-31-38(41)47-36(35-46-48(42,43)45-33-32-39(3,4)5)34-44-37(40)30-28-26-24-22-20-17-15-13-11-9-7-2/h36H,6-35H2,1-5H3/p+1. The van der Waals surface area contributed by atoms with E-state index in [9.17, 15) is 19.0 Å². The minimum atomic E-state index is -4.36.